The number of aromatic nitrogens is 1. The van der Waals surface area contributed by atoms with Crippen LogP contribution in [0.25, 0.3) is 11.5 Å². The number of carbonyl (C=O) groups excluding carboxylic acids is 1. The highest BCUT2D eigenvalue weighted by Gasteiger charge is 2.25. The molecule has 1 aliphatic rings. The van der Waals surface area contributed by atoms with Crippen LogP contribution < -0.4 is 5.32 Å². The van der Waals surface area contributed by atoms with Crippen LogP contribution >= 0.6 is 0 Å². The highest BCUT2D eigenvalue weighted by molar-refractivity contribution is 5.78. The van der Waals surface area contributed by atoms with Gasteiger partial charge in [0.25, 0.3) is 0 Å². The van der Waals surface area contributed by atoms with Gasteiger partial charge in [0.15, 0.2) is 0 Å². The minimum atomic E-state index is -0.439. The summed E-state index contributed by atoms with van der Waals surface area (Å²) in [5.74, 6) is 1.07. The first-order valence-electron chi connectivity index (χ1n) is 8.12. The molecule has 1 aromatic carbocycles. The Balaban J connectivity index is 1.66. The fourth-order valence-corrected chi connectivity index (χ4v) is 2.99. The van der Waals surface area contributed by atoms with Gasteiger partial charge in [0.05, 0.1) is 24.3 Å². The van der Waals surface area contributed by atoms with Crippen molar-refractivity contribution in [3.63, 3.8) is 0 Å². The molecule has 0 aliphatic heterocycles. The van der Waals surface area contributed by atoms with Crippen LogP contribution in [0.2, 0.25) is 0 Å². The van der Waals surface area contributed by atoms with Crippen LogP contribution in [0, 0.1) is 6.92 Å². The molecule has 0 spiro atoms. The number of hydrogen-bond donors (Lipinski definition) is 2. The van der Waals surface area contributed by atoms with Crippen molar-refractivity contribution >= 4 is 5.91 Å². The van der Waals surface area contributed by atoms with Crippen molar-refractivity contribution in [3.8, 4) is 11.5 Å². The zero-order chi connectivity index (χ0) is 16.2. The molecule has 3 rings (SSSR count). The first-order chi connectivity index (χ1) is 11.1. The van der Waals surface area contributed by atoms with Gasteiger partial charge in [-0.2, -0.15) is 0 Å². The number of hydrogen-bond acceptors (Lipinski definition) is 4. The van der Waals surface area contributed by atoms with Crippen molar-refractivity contribution in [2.45, 2.75) is 51.2 Å². The summed E-state index contributed by atoms with van der Waals surface area (Å²) < 4.78 is 5.67. The summed E-state index contributed by atoms with van der Waals surface area (Å²) >= 11 is 0. The number of oxazole rings is 1. The quantitative estimate of drug-likeness (QED) is 0.909. The Morgan fingerprint density at radius 1 is 1.30 bits per heavy atom. The van der Waals surface area contributed by atoms with Crippen molar-refractivity contribution in [1.82, 2.24) is 10.3 Å². The zero-order valence-corrected chi connectivity index (χ0v) is 13.3. The van der Waals surface area contributed by atoms with Crippen molar-refractivity contribution in [2.75, 3.05) is 0 Å². The molecule has 2 N–H and O–H groups in total. The van der Waals surface area contributed by atoms with E-state index in [-0.39, 0.29) is 18.4 Å². The number of aliphatic hydroxyl groups is 1. The molecule has 1 heterocycles. The maximum absolute atomic E-state index is 12.2. The number of benzene rings is 1. The van der Waals surface area contributed by atoms with Crippen LogP contribution in [-0.4, -0.2) is 28.1 Å². The molecular formula is C18H22N2O3. The number of nitrogens with zero attached hydrogens (tertiary/aromatic N) is 1. The predicted molar refractivity (Wildman–Crippen MR) is 86.8 cm³/mol. The zero-order valence-electron chi connectivity index (χ0n) is 13.3. The molecule has 2 aromatic rings. The largest absolute Gasteiger partial charge is 0.441 e. The average molecular weight is 314 g/mol. The van der Waals surface area contributed by atoms with Crippen LogP contribution in [0.3, 0.4) is 0 Å². The predicted octanol–water partition coefficient (Wildman–Crippen LogP) is 2.61. The molecule has 23 heavy (non-hydrogen) atoms. The number of carbonyl (C=O) groups is 1. The summed E-state index contributed by atoms with van der Waals surface area (Å²) in [5, 5.41) is 12.9. The van der Waals surface area contributed by atoms with Gasteiger partial charge in [0.2, 0.25) is 11.8 Å². The molecule has 0 bridgehead atoms. The minimum Gasteiger partial charge on any atom is -0.441 e. The minimum absolute atomic E-state index is 0.119. The van der Waals surface area contributed by atoms with Gasteiger partial charge in [-0.25, -0.2) is 4.98 Å². The Morgan fingerprint density at radius 2 is 2.04 bits per heavy atom. The lowest BCUT2D eigenvalue weighted by atomic mass is 9.92. The van der Waals surface area contributed by atoms with E-state index in [4.69, 9.17) is 4.42 Å². The smallest absolute Gasteiger partial charge is 0.226 e. The maximum Gasteiger partial charge on any atom is 0.226 e. The van der Waals surface area contributed by atoms with Crippen LogP contribution in [0.4, 0.5) is 0 Å². The van der Waals surface area contributed by atoms with E-state index in [9.17, 15) is 9.90 Å². The van der Waals surface area contributed by atoms with Gasteiger partial charge in [-0.3, -0.25) is 4.79 Å². The number of rotatable bonds is 4. The van der Waals surface area contributed by atoms with Crippen molar-refractivity contribution < 1.29 is 14.3 Å². The molecule has 2 atom stereocenters. The summed E-state index contributed by atoms with van der Waals surface area (Å²) in [5.41, 5.74) is 1.54. The van der Waals surface area contributed by atoms with Gasteiger partial charge in [-0.05, 0) is 31.9 Å². The van der Waals surface area contributed by atoms with Gasteiger partial charge in [0.1, 0.15) is 5.76 Å². The lowest BCUT2D eigenvalue weighted by Crippen LogP contribution is -2.45. The Hall–Kier alpha value is -2.14. The number of amides is 1. The third kappa shape index (κ3) is 3.79. The molecule has 122 valence electrons. The SMILES string of the molecule is Cc1oc(-c2ccccc2)nc1CC(=O)NC1CCCCC1O. The van der Waals surface area contributed by atoms with E-state index in [1.165, 1.54) is 0 Å². The summed E-state index contributed by atoms with van der Waals surface area (Å²) in [6.07, 6.45) is 3.39. The van der Waals surface area contributed by atoms with Crippen LogP contribution in [-0.2, 0) is 11.2 Å². The fraction of sp³-hybridized carbons (Fsp3) is 0.444. The molecule has 1 amide bonds. The lowest BCUT2D eigenvalue weighted by Gasteiger charge is -2.28. The van der Waals surface area contributed by atoms with Gasteiger partial charge in [-0.15, -0.1) is 0 Å². The fourth-order valence-electron chi connectivity index (χ4n) is 2.99. The molecule has 1 fully saturated rings. The van der Waals surface area contributed by atoms with E-state index in [0.29, 0.717) is 17.3 Å². The Bertz CT molecular complexity index is 666. The van der Waals surface area contributed by atoms with Gasteiger partial charge < -0.3 is 14.8 Å². The maximum atomic E-state index is 12.2. The van der Waals surface area contributed by atoms with E-state index in [0.717, 1.165) is 31.2 Å². The van der Waals surface area contributed by atoms with E-state index in [1.54, 1.807) is 0 Å². The number of nitrogens with one attached hydrogen (secondary N) is 1. The summed E-state index contributed by atoms with van der Waals surface area (Å²) in [7, 11) is 0. The molecule has 0 radical (unpaired) electrons. The van der Waals surface area contributed by atoms with Gasteiger partial charge in [-0.1, -0.05) is 31.0 Å². The van der Waals surface area contributed by atoms with E-state index >= 15 is 0 Å². The number of aliphatic hydroxyl groups excluding tert-OH is 1. The van der Waals surface area contributed by atoms with Crippen LogP contribution in [0.5, 0.6) is 0 Å². The molecular weight excluding hydrogens is 292 g/mol. The van der Waals surface area contributed by atoms with Crippen LogP contribution in [0.15, 0.2) is 34.7 Å². The van der Waals surface area contributed by atoms with E-state index in [2.05, 4.69) is 10.3 Å². The normalized spacial score (nSPS) is 21.1. The Labute approximate surface area is 135 Å². The highest BCUT2D eigenvalue weighted by Crippen LogP contribution is 2.22. The molecule has 1 aromatic heterocycles. The van der Waals surface area contributed by atoms with Crippen molar-refractivity contribution in [2.24, 2.45) is 0 Å². The second kappa shape index (κ2) is 6.96. The Morgan fingerprint density at radius 3 is 2.78 bits per heavy atom. The molecule has 5 heteroatoms. The van der Waals surface area contributed by atoms with Crippen molar-refractivity contribution in [1.29, 1.82) is 0 Å². The highest BCUT2D eigenvalue weighted by atomic mass is 16.4. The first-order valence-corrected chi connectivity index (χ1v) is 8.12. The van der Waals surface area contributed by atoms with Crippen LogP contribution in [0.1, 0.15) is 37.1 Å². The van der Waals surface area contributed by atoms with Crippen molar-refractivity contribution in [3.05, 3.63) is 41.8 Å². The summed E-state index contributed by atoms with van der Waals surface area (Å²) in [4.78, 5) is 16.7. The molecule has 5 nitrogen and oxygen atoms in total. The Kier molecular flexibility index (Phi) is 4.76. The van der Waals surface area contributed by atoms with Gasteiger partial charge in [0, 0.05) is 5.56 Å². The first kappa shape index (κ1) is 15.7. The molecule has 0 saturated heterocycles. The second-order valence-corrected chi connectivity index (χ2v) is 6.09. The standard InChI is InChI=1S/C18H22N2O3/c1-12-15(20-18(23-12)13-7-3-2-4-8-13)11-17(22)19-14-9-5-6-10-16(14)21/h2-4,7-8,14,16,21H,5-6,9-11H2,1H3,(H,19,22). The third-order valence-electron chi connectivity index (χ3n) is 4.32. The monoisotopic (exact) mass is 314 g/mol. The van der Waals surface area contributed by atoms with Gasteiger partial charge >= 0.3 is 0 Å². The second-order valence-electron chi connectivity index (χ2n) is 6.09. The molecule has 1 aliphatic carbocycles. The lowest BCUT2D eigenvalue weighted by molar-refractivity contribution is -0.122. The summed E-state index contributed by atoms with van der Waals surface area (Å²) in [6, 6.07) is 9.48. The van der Waals surface area contributed by atoms with E-state index in [1.807, 2.05) is 37.3 Å². The topological polar surface area (TPSA) is 75.4 Å². The average Bonchev–Trinajstić information content (AvgIpc) is 2.91. The number of aryl methyl sites for hydroxylation is 1. The third-order valence-corrected chi connectivity index (χ3v) is 4.32. The van der Waals surface area contributed by atoms with E-state index < -0.39 is 6.10 Å². The molecule has 1 saturated carbocycles. The molecule has 2 unspecified atom stereocenters. The summed E-state index contributed by atoms with van der Waals surface area (Å²) in [6.45, 7) is 1.82.